The van der Waals surface area contributed by atoms with Gasteiger partial charge in [-0.15, -0.1) is 0 Å². The minimum atomic E-state index is -0.265. The van der Waals surface area contributed by atoms with Gasteiger partial charge in [-0.05, 0) is 30.4 Å². The fourth-order valence-electron chi connectivity index (χ4n) is 2.50. The van der Waals surface area contributed by atoms with E-state index < -0.39 is 0 Å². The van der Waals surface area contributed by atoms with Gasteiger partial charge in [-0.25, -0.2) is 4.79 Å². The van der Waals surface area contributed by atoms with Gasteiger partial charge in [0.1, 0.15) is 0 Å². The largest absolute Gasteiger partial charge is 0.465 e. The van der Waals surface area contributed by atoms with Gasteiger partial charge in [0, 0.05) is 0 Å². The zero-order valence-electron chi connectivity index (χ0n) is 10.9. The van der Waals surface area contributed by atoms with Crippen LogP contribution in [0.4, 0.5) is 0 Å². The fourth-order valence-corrected chi connectivity index (χ4v) is 2.50. The summed E-state index contributed by atoms with van der Waals surface area (Å²) in [4.78, 5) is 11.6. The van der Waals surface area contributed by atoms with Gasteiger partial charge < -0.3 is 4.74 Å². The SMILES string of the molecule is COC(=O)c1ccccc1/C=C/C1CCCCC1. The van der Waals surface area contributed by atoms with Crippen molar-refractivity contribution in [3.63, 3.8) is 0 Å². The van der Waals surface area contributed by atoms with Crippen molar-refractivity contribution in [2.45, 2.75) is 32.1 Å². The summed E-state index contributed by atoms with van der Waals surface area (Å²) in [6.45, 7) is 0. The minimum absolute atomic E-state index is 0.265. The summed E-state index contributed by atoms with van der Waals surface area (Å²) in [5.74, 6) is 0.406. The normalized spacial score (nSPS) is 16.9. The van der Waals surface area contributed by atoms with Gasteiger partial charge in [-0.1, -0.05) is 49.6 Å². The first-order chi connectivity index (χ1) is 8.81. The Morgan fingerprint density at radius 2 is 1.94 bits per heavy atom. The summed E-state index contributed by atoms with van der Waals surface area (Å²) in [6.07, 6.45) is 10.9. The molecule has 0 bridgehead atoms. The second-order valence-corrected chi connectivity index (χ2v) is 4.84. The van der Waals surface area contributed by atoms with Crippen LogP contribution in [0, 0.1) is 5.92 Å². The van der Waals surface area contributed by atoms with E-state index in [1.807, 2.05) is 24.3 Å². The molecular formula is C16H20O2. The lowest BCUT2D eigenvalue weighted by atomic mass is 9.88. The molecule has 0 aromatic heterocycles. The van der Waals surface area contributed by atoms with E-state index >= 15 is 0 Å². The molecule has 96 valence electrons. The third kappa shape index (κ3) is 3.22. The first-order valence-corrected chi connectivity index (χ1v) is 6.67. The number of rotatable bonds is 3. The van der Waals surface area contributed by atoms with Gasteiger partial charge in [0.2, 0.25) is 0 Å². The van der Waals surface area contributed by atoms with E-state index in [9.17, 15) is 4.79 Å². The van der Waals surface area contributed by atoms with Gasteiger partial charge in [-0.3, -0.25) is 0 Å². The molecule has 0 aliphatic heterocycles. The Hall–Kier alpha value is -1.57. The zero-order chi connectivity index (χ0) is 12.8. The number of ether oxygens (including phenoxy) is 1. The fraction of sp³-hybridized carbons (Fsp3) is 0.438. The van der Waals surface area contributed by atoms with Crippen LogP contribution in [-0.4, -0.2) is 13.1 Å². The number of hydrogen-bond donors (Lipinski definition) is 0. The molecule has 0 radical (unpaired) electrons. The summed E-state index contributed by atoms with van der Waals surface area (Å²) in [5.41, 5.74) is 1.60. The molecule has 2 nitrogen and oxygen atoms in total. The first kappa shape index (κ1) is 12.9. The van der Waals surface area contributed by atoms with Crippen molar-refractivity contribution in [2.24, 2.45) is 5.92 Å². The highest BCUT2D eigenvalue weighted by molar-refractivity contribution is 5.93. The second-order valence-electron chi connectivity index (χ2n) is 4.84. The Labute approximate surface area is 109 Å². The number of benzene rings is 1. The van der Waals surface area contributed by atoms with Crippen molar-refractivity contribution in [2.75, 3.05) is 7.11 Å². The number of methoxy groups -OCH3 is 1. The smallest absolute Gasteiger partial charge is 0.338 e. The highest BCUT2D eigenvalue weighted by Gasteiger charge is 2.11. The Kier molecular flexibility index (Phi) is 4.57. The first-order valence-electron chi connectivity index (χ1n) is 6.67. The van der Waals surface area contributed by atoms with Crippen molar-refractivity contribution in [1.29, 1.82) is 0 Å². The number of carbonyl (C=O) groups excluding carboxylic acids is 1. The van der Waals surface area contributed by atoms with Crippen molar-refractivity contribution >= 4 is 12.0 Å². The quantitative estimate of drug-likeness (QED) is 0.749. The molecule has 1 saturated carbocycles. The van der Waals surface area contributed by atoms with Crippen LogP contribution < -0.4 is 0 Å². The summed E-state index contributed by atoms with van der Waals surface area (Å²) in [6, 6.07) is 7.59. The maximum atomic E-state index is 11.6. The van der Waals surface area contributed by atoms with Crippen molar-refractivity contribution in [1.82, 2.24) is 0 Å². The third-order valence-corrected chi connectivity index (χ3v) is 3.56. The predicted octanol–water partition coefficient (Wildman–Crippen LogP) is 4.07. The molecule has 2 heteroatoms. The minimum Gasteiger partial charge on any atom is -0.465 e. The maximum absolute atomic E-state index is 11.6. The molecular weight excluding hydrogens is 224 g/mol. The van der Waals surface area contributed by atoms with Crippen LogP contribution in [0.5, 0.6) is 0 Å². The monoisotopic (exact) mass is 244 g/mol. The lowest BCUT2D eigenvalue weighted by Gasteiger charge is -2.17. The molecule has 0 unspecified atom stereocenters. The molecule has 0 N–H and O–H groups in total. The number of carbonyl (C=O) groups is 1. The summed E-state index contributed by atoms with van der Waals surface area (Å²) >= 11 is 0. The third-order valence-electron chi connectivity index (χ3n) is 3.56. The van der Waals surface area contributed by atoms with Gasteiger partial charge in [0.15, 0.2) is 0 Å². The summed E-state index contributed by atoms with van der Waals surface area (Å²) in [7, 11) is 1.42. The molecule has 1 aliphatic rings. The predicted molar refractivity (Wildman–Crippen MR) is 73.4 cm³/mol. The molecule has 0 atom stereocenters. The standard InChI is InChI=1S/C16H20O2/c1-18-16(17)15-10-6-5-9-14(15)12-11-13-7-3-2-4-8-13/h5-6,9-13H,2-4,7-8H2,1H3/b12-11+. The molecule has 2 rings (SSSR count). The van der Waals surface area contributed by atoms with E-state index in [0.29, 0.717) is 11.5 Å². The lowest BCUT2D eigenvalue weighted by molar-refractivity contribution is 0.0600. The number of esters is 1. The average molecular weight is 244 g/mol. The Bertz CT molecular complexity index is 428. The molecule has 0 spiro atoms. The lowest BCUT2D eigenvalue weighted by Crippen LogP contribution is -2.04. The Morgan fingerprint density at radius 1 is 1.22 bits per heavy atom. The maximum Gasteiger partial charge on any atom is 0.338 e. The topological polar surface area (TPSA) is 26.3 Å². The number of hydrogen-bond acceptors (Lipinski definition) is 2. The van der Waals surface area contributed by atoms with Crippen LogP contribution in [0.2, 0.25) is 0 Å². The van der Waals surface area contributed by atoms with Gasteiger partial charge in [-0.2, -0.15) is 0 Å². The highest BCUT2D eigenvalue weighted by atomic mass is 16.5. The van der Waals surface area contributed by atoms with Crippen molar-refractivity contribution in [3.05, 3.63) is 41.5 Å². The van der Waals surface area contributed by atoms with E-state index in [4.69, 9.17) is 4.74 Å². The molecule has 0 saturated heterocycles. The van der Waals surface area contributed by atoms with Crippen LogP contribution in [0.15, 0.2) is 30.3 Å². The van der Waals surface area contributed by atoms with Gasteiger partial charge in [0.25, 0.3) is 0 Å². The van der Waals surface area contributed by atoms with Crippen molar-refractivity contribution < 1.29 is 9.53 Å². The average Bonchev–Trinajstić information content (AvgIpc) is 2.45. The molecule has 0 heterocycles. The van der Waals surface area contributed by atoms with Gasteiger partial charge >= 0.3 is 5.97 Å². The van der Waals surface area contributed by atoms with Crippen molar-refractivity contribution in [3.8, 4) is 0 Å². The second kappa shape index (κ2) is 6.39. The van der Waals surface area contributed by atoms with Crippen LogP contribution >= 0.6 is 0 Å². The van der Waals surface area contributed by atoms with E-state index in [2.05, 4.69) is 12.2 Å². The van der Waals surface area contributed by atoms with E-state index in [1.165, 1.54) is 39.2 Å². The van der Waals surface area contributed by atoms with Crippen LogP contribution in [-0.2, 0) is 4.74 Å². The molecule has 0 amide bonds. The van der Waals surface area contributed by atoms with E-state index in [-0.39, 0.29) is 5.97 Å². The molecule has 1 aromatic rings. The Morgan fingerprint density at radius 3 is 2.67 bits per heavy atom. The van der Waals surface area contributed by atoms with Crippen LogP contribution in [0.3, 0.4) is 0 Å². The van der Waals surface area contributed by atoms with E-state index in [1.54, 1.807) is 0 Å². The summed E-state index contributed by atoms with van der Waals surface area (Å²) in [5, 5.41) is 0. The van der Waals surface area contributed by atoms with E-state index in [0.717, 1.165) is 5.56 Å². The number of allylic oxidation sites excluding steroid dienone is 1. The summed E-state index contributed by atoms with van der Waals surface area (Å²) < 4.78 is 4.80. The molecule has 1 fully saturated rings. The van der Waals surface area contributed by atoms with Crippen LogP contribution in [0.25, 0.3) is 6.08 Å². The highest BCUT2D eigenvalue weighted by Crippen LogP contribution is 2.25. The van der Waals surface area contributed by atoms with Crippen LogP contribution in [0.1, 0.15) is 48.0 Å². The zero-order valence-corrected chi connectivity index (χ0v) is 10.9. The van der Waals surface area contributed by atoms with Gasteiger partial charge in [0.05, 0.1) is 12.7 Å². The molecule has 1 aromatic carbocycles. The molecule has 18 heavy (non-hydrogen) atoms. The molecule has 1 aliphatic carbocycles. The Balaban J connectivity index is 2.12.